The SMILES string of the molecule is Cc1csc(C(=O)N/N=C/c2cccc(F)c2)c1NC(=O)c1cccc(CN2CCN(CCO)CC2)c1. The number of hydrogen-bond acceptors (Lipinski definition) is 7. The largest absolute Gasteiger partial charge is 0.395 e. The van der Waals surface area contributed by atoms with E-state index < -0.39 is 5.91 Å². The van der Waals surface area contributed by atoms with Crippen molar-refractivity contribution in [2.75, 3.05) is 44.6 Å². The van der Waals surface area contributed by atoms with E-state index in [9.17, 15) is 14.0 Å². The fourth-order valence-corrected chi connectivity index (χ4v) is 5.03. The summed E-state index contributed by atoms with van der Waals surface area (Å²) in [6, 6.07) is 13.4. The van der Waals surface area contributed by atoms with Gasteiger partial charge >= 0.3 is 0 Å². The molecule has 1 saturated heterocycles. The summed E-state index contributed by atoms with van der Waals surface area (Å²) < 4.78 is 13.3. The molecular formula is C27H30FN5O3S. The fourth-order valence-electron chi connectivity index (χ4n) is 4.14. The normalized spacial score (nSPS) is 14.7. The van der Waals surface area contributed by atoms with Gasteiger partial charge in [-0.25, -0.2) is 9.82 Å². The van der Waals surface area contributed by atoms with Crippen molar-refractivity contribution in [2.45, 2.75) is 13.5 Å². The Bertz CT molecular complexity index is 1270. The maximum Gasteiger partial charge on any atom is 0.283 e. The minimum absolute atomic E-state index is 0.173. The van der Waals surface area contributed by atoms with Crippen molar-refractivity contribution in [2.24, 2.45) is 5.10 Å². The Hall–Kier alpha value is -3.44. The van der Waals surface area contributed by atoms with E-state index in [0.29, 0.717) is 28.2 Å². The predicted molar refractivity (Wildman–Crippen MR) is 144 cm³/mol. The molecule has 0 unspecified atom stereocenters. The van der Waals surface area contributed by atoms with E-state index >= 15 is 0 Å². The average Bonchev–Trinajstić information content (AvgIpc) is 3.25. The summed E-state index contributed by atoms with van der Waals surface area (Å²) >= 11 is 1.21. The van der Waals surface area contributed by atoms with Gasteiger partial charge in [-0.05, 0) is 53.3 Å². The van der Waals surface area contributed by atoms with Crippen molar-refractivity contribution < 1.29 is 19.1 Å². The standard InChI is InChI=1S/C27H30FN5O3S/c1-19-18-37-25(27(36)31-29-16-20-4-3-7-23(28)15-20)24(19)30-26(35)22-6-2-5-21(14-22)17-33-10-8-32(9-11-33)12-13-34/h2-7,14-16,18,34H,8-13,17H2,1H3,(H,30,35)(H,31,36)/b29-16+. The number of nitrogens with one attached hydrogen (secondary N) is 2. The third-order valence-corrected chi connectivity index (χ3v) is 7.22. The molecule has 0 aliphatic carbocycles. The van der Waals surface area contributed by atoms with E-state index in [2.05, 4.69) is 25.6 Å². The summed E-state index contributed by atoms with van der Waals surface area (Å²) in [6.07, 6.45) is 1.36. The second kappa shape index (κ2) is 12.7. The number of hydrogen-bond donors (Lipinski definition) is 3. The van der Waals surface area contributed by atoms with Crippen LogP contribution in [0.1, 0.15) is 36.7 Å². The molecule has 1 aromatic heterocycles. The van der Waals surface area contributed by atoms with Gasteiger partial charge in [-0.3, -0.25) is 19.4 Å². The van der Waals surface area contributed by atoms with Crippen molar-refractivity contribution in [1.29, 1.82) is 0 Å². The van der Waals surface area contributed by atoms with E-state index in [1.165, 1.54) is 29.7 Å². The van der Waals surface area contributed by atoms with Crippen LogP contribution in [-0.4, -0.2) is 72.3 Å². The third kappa shape index (κ3) is 7.30. The highest BCUT2D eigenvalue weighted by atomic mass is 32.1. The van der Waals surface area contributed by atoms with Crippen LogP contribution in [0.2, 0.25) is 0 Å². The smallest absolute Gasteiger partial charge is 0.283 e. The number of benzene rings is 2. The minimum Gasteiger partial charge on any atom is -0.395 e. The van der Waals surface area contributed by atoms with Gasteiger partial charge in [0.1, 0.15) is 10.7 Å². The number of anilines is 1. The number of nitrogens with zero attached hydrogens (tertiary/aromatic N) is 3. The van der Waals surface area contributed by atoms with Gasteiger partial charge in [0, 0.05) is 44.8 Å². The van der Waals surface area contributed by atoms with Crippen LogP contribution in [0.25, 0.3) is 0 Å². The topological polar surface area (TPSA) is 97.3 Å². The molecule has 0 saturated carbocycles. The van der Waals surface area contributed by atoms with E-state index in [-0.39, 0.29) is 18.3 Å². The number of carbonyl (C=O) groups is 2. The summed E-state index contributed by atoms with van der Waals surface area (Å²) in [6.45, 7) is 7.07. The summed E-state index contributed by atoms with van der Waals surface area (Å²) in [5.74, 6) is -1.15. The van der Waals surface area contributed by atoms with Gasteiger partial charge in [-0.1, -0.05) is 24.3 Å². The summed E-state index contributed by atoms with van der Waals surface area (Å²) in [7, 11) is 0. The van der Waals surface area contributed by atoms with Gasteiger partial charge in [0.15, 0.2) is 0 Å². The molecule has 1 aliphatic rings. The molecule has 3 aromatic rings. The van der Waals surface area contributed by atoms with Crippen molar-refractivity contribution >= 4 is 35.1 Å². The quantitative estimate of drug-likeness (QED) is 0.295. The number of aliphatic hydroxyl groups excluding tert-OH is 1. The van der Waals surface area contributed by atoms with Crippen molar-refractivity contribution in [1.82, 2.24) is 15.2 Å². The summed E-state index contributed by atoms with van der Waals surface area (Å²) in [5.41, 5.74) is 5.73. The van der Waals surface area contributed by atoms with Gasteiger partial charge in [0.25, 0.3) is 11.8 Å². The highest BCUT2D eigenvalue weighted by molar-refractivity contribution is 7.13. The first-order valence-electron chi connectivity index (χ1n) is 12.1. The van der Waals surface area contributed by atoms with Crippen LogP contribution < -0.4 is 10.7 Å². The van der Waals surface area contributed by atoms with Crippen LogP contribution in [0.15, 0.2) is 59.0 Å². The first-order chi connectivity index (χ1) is 17.9. The monoisotopic (exact) mass is 523 g/mol. The van der Waals surface area contributed by atoms with Crippen LogP contribution in [0.3, 0.4) is 0 Å². The number of halogens is 1. The molecule has 8 nitrogen and oxygen atoms in total. The molecule has 1 fully saturated rings. The van der Waals surface area contributed by atoms with E-state index in [1.54, 1.807) is 23.6 Å². The molecule has 0 radical (unpaired) electrons. The minimum atomic E-state index is -0.463. The lowest BCUT2D eigenvalue weighted by atomic mass is 10.1. The van der Waals surface area contributed by atoms with Gasteiger partial charge in [-0.15, -0.1) is 11.3 Å². The Labute approximate surface area is 219 Å². The molecule has 10 heteroatoms. The summed E-state index contributed by atoms with van der Waals surface area (Å²) in [5, 5.41) is 17.7. The predicted octanol–water partition coefficient (Wildman–Crippen LogP) is 3.32. The molecule has 0 bridgehead atoms. The highest BCUT2D eigenvalue weighted by Crippen LogP contribution is 2.28. The van der Waals surface area contributed by atoms with Crippen molar-refractivity contribution in [3.05, 3.63) is 86.9 Å². The molecule has 3 N–H and O–H groups in total. The first-order valence-corrected chi connectivity index (χ1v) is 12.9. The van der Waals surface area contributed by atoms with Gasteiger partial charge in [0.05, 0.1) is 18.5 Å². The van der Waals surface area contributed by atoms with Crippen LogP contribution >= 0.6 is 11.3 Å². The maximum absolute atomic E-state index is 13.3. The third-order valence-electron chi connectivity index (χ3n) is 6.12. The zero-order valence-electron chi connectivity index (χ0n) is 20.6. The number of aryl methyl sites for hydroxylation is 1. The Balaban J connectivity index is 1.38. The average molecular weight is 524 g/mol. The lowest BCUT2D eigenvalue weighted by Crippen LogP contribution is -2.46. The molecule has 2 heterocycles. The van der Waals surface area contributed by atoms with Crippen LogP contribution in [0.5, 0.6) is 0 Å². The van der Waals surface area contributed by atoms with E-state index in [1.807, 2.05) is 25.1 Å². The van der Waals surface area contributed by atoms with Crippen LogP contribution in [0, 0.1) is 12.7 Å². The number of β-amino-alcohol motifs (C(OH)–C–C–N with tert-alkyl or cyclic N) is 1. The first kappa shape index (κ1) is 26.6. The number of thiophene rings is 1. The Morgan fingerprint density at radius 2 is 1.84 bits per heavy atom. The number of hydrazone groups is 1. The Morgan fingerprint density at radius 1 is 1.08 bits per heavy atom. The van der Waals surface area contributed by atoms with Gasteiger partial charge in [0.2, 0.25) is 0 Å². The van der Waals surface area contributed by atoms with Crippen molar-refractivity contribution in [3.63, 3.8) is 0 Å². The summed E-state index contributed by atoms with van der Waals surface area (Å²) in [4.78, 5) is 30.7. The zero-order chi connectivity index (χ0) is 26.2. The fraction of sp³-hybridized carbons (Fsp3) is 0.296. The second-order valence-corrected chi connectivity index (χ2v) is 9.75. The molecular weight excluding hydrogens is 493 g/mol. The lowest BCUT2D eigenvalue weighted by molar-refractivity contribution is 0.0960. The maximum atomic E-state index is 13.3. The highest BCUT2D eigenvalue weighted by Gasteiger charge is 2.20. The van der Waals surface area contributed by atoms with Gasteiger partial charge < -0.3 is 10.4 Å². The molecule has 0 spiro atoms. The molecule has 0 atom stereocenters. The zero-order valence-corrected chi connectivity index (χ0v) is 21.4. The number of amides is 2. The molecule has 1 aliphatic heterocycles. The van der Waals surface area contributed by atoms with Crippen LogP contribution in [-0.2, 0) is 6.54 Å². The molecule has 2 amide bonds. The molecule has 2 aromatic carbocycles. The molecule has 194 valence electrons. The van der Waals surface area contributed by atoms with Crippen LogP contribution in [0.4, 0.5) is 10.1 Å². The number of carbonyl (C=O) groups excluding carboxylic acids is 2. The second-order valence-electron chi connectivity index (χ2n) is 8.87. The number of aliphatic hydroxyl groups is 1. The Morgan fingerprint density at radius 3 is 2.59 bits per heavy atom. The van der Waals surface area contributed by atoms with Gasteiger partial charge in [-0.2, -0.15) is 5.10 Å². The number of piperazine rings is 1. The van der Waals surface area contributed by atoms with E-state index in [0.717, 1.165) is 43.9 Å². The molecule has 4 rings (SSSR count). The lowest BCUT2D eigenvalue weighted by Gasteiger charge is -2.34. The van der Waals surface area contributed by atoms with E-state index in [4.69, 9.17) is 5.11 Å². The Kier molecular flexibility index (Phi) is 9.13. The number of rotatable bonds is 9. The molecule has 37 heavy (non-hydrogen) atoms. The van der Waals surface area contributed by atoms with Crippen molar-refractivity contribution in [3.8, 4) is 0 Å².